The maximum atomic E-state index is 12.1. The van der Waals surface area contributed by atoms with Gasteiger partial charge in [-0.1, -0.05) is 0 Å². The van der Waals surface area contributed by atoms with Gasteiger partial charge in [-0.3, -0.25) is 0 Å². The highest BCUT2D eigenvalue weighted by atomic mass is 35.5. The van der Waals surface area contributed by atoms with Gasteiger partial charge in [-0.2, -0.15) is 22.0 Å². The summed E-state index contributed by atoms with van der Waals surface area (Å²) in [6, 6.07) is -2.53. The Balaban J connectivity index is 4.50. The normalized spacial score (nSPS) is 16.6. The molecule has 0 bridgehead atoms. The van der Waals surface area contributed by atoms with Gasteiger partial charge in [0.15, 0.2) is 0 Å². The Morgan fingerprint density at radius 1 is 1.14 bits per heavy atom. The minimum absolute atomic E-state index is 2.25. The number of hydrogen-bond donors (Lipinski definition) is 0. The molecule has 9 heteroatoms. The fraction of sp³-hybridized carbons (Fsp3) is 0.600. The van der Waals surface area contributed by atoms with Crippen LogP contribution in [0.2, 0.25) is 0 Å². The monoisotopic (exact) mass is 246 g/mol. The van der Waals surface area contributed by atoms with Crippen molar-refractivity contribution in [2.24, 2.45) is 0 Å². The molecule has 0 saturated carbocycles. The summed E-state index contributed by atoms with van der Waals surface area (Å²) in [4.78, 5) is 0. The number of halogens is 8. The van der Waals surface area contributed by atoms with E-state index in [0.717, 1.165) is 0 Å². The minimum Gasteiger partial charge on any atom is -0.426 e. The van der Waals surface area contributed by atoms with Crippen molar-refractivity contribution in [3.63, 3.8) is 0 Å². The second-order valence-corrected chi connectivity index (χ2v) is 2.28. The summed E-state index contributed by atoms with van der Waals surface area (Å²) in [5, 5.41) is -2.25. The smallest absolute Gasteiger partial charge is 0.372 e. The van der Waals surface area contributed by atoms with Crippen LogP contribution in [0, 0.1) is 0 Å². The zero-order chi connectivity index (χ0) is 11.5. The Morgan fingerprint density at radius 2 is 1.57 bits per heavy atom. The van der Waals surface area contributed by atoms with Crippen molar-refractivity contribution in [2.75, 3.05) is 0 Å². The molecule has 0 heterocycles. The predicted molar refractivity (Wildman–Crippen MR) is 32.0 cm³/mol. The number of rotatable bonds is 4. The molecular formula is C5H2ClF7O. The molecule has 0 aromatic carbocycles. The molecule has 0 fully saturated rings. The molecule has 0 aromatic rings. The second-order valence-electron chi connectivity index (χ2n) is 1.94. The minimum atomic E-state index is -5.25. The molecule has 0 spiro atoms. The van der Waals surface area contributed by atoms with Crippen LogP contribution in [-0.4, -0.2) is 18.7 Å². The van der Waals surface area contributed by atoms with Crippen molar-refractivity contribution in [2.45, 2.75) is 18.7 Å². The maximum absolute atomic E-state index is 12.1. The van der Waals surface area contributed by atoms with E-state index in [1.165, 1.54) is 0 Å². The van der Waals surface area contributed by atoms with Crippen LogP contribution in [0.15, 0.2) is 11.3 Å². The molecule has 0 amide bonds. The maximum Gasteiger partial charge on any atom is 0.372 e. The Bertz CT molecular complexity index is 224. The van der Waals surface area contributed by atoms with Gasteiger partial charge in [-0.05, 0) is 11.6 Å². The third kappa shape index (κ3) is 3.24. The van der Waals surface area contributed by atoms with Crippen molar-refractivity contribution >= 4 is 11.6 Å². The first-order valence-electron chi connectivity index (χ1n) is 2.87. The van der Waals surface area contributed by atoms with E-state index >= 15 is 0 Å². The molecule has 1 atom stereocenters. The summed E-state index contributed by atoms with van der Waals surface area (Å²) < 4.78 is 85.1. The number of alkyl halides is 5. The summed E-state index contributed by atoms with van der Waals surface area (Å²) in [5.41, 5.74) is 0. The molecule has 84 valence electrons. The van der Waals surface area contributed by atoms with E-state index in [9.17, 15) is 30.7 Å². The molecule has 1 unspecified atom stereocenters. The first kappa shape index (κ1) is 13.3. The third-order valence-corrected chi connectivity index (χ3v) is 1.10. The standard InChI is InChI=1S/C5H2ClF7O/c6-1(7)2(8)14-4(11)5(12,13)3(9)10/h3-4H. The topological polar surface area (TPSA) is 9.23 Å². The molecule has 0 saturated heterocycles. The summed E-state index contributed by atoms with van der Waals surface area (Å²) in [6.07, 6.45) is -8.43. The molecule has 0 N–H and O–H groups in total. The van der Waals surface area contributed by atoms with E-state index in [-0.39, 0.29) is 0 Å². The van der Waals surface area contributed by atoms with Crippen molar-refractivity contribution in [1.29, 1.82) is 0 Å². The van der Waals surface area contributed by atoms with Gasteiger partial charge >= 0.3 is 24.7 Å². The van der Waals surface area contributed by atoms with Gasteiger partial charge in [-0.25, -0.2) is 8.78 Å². The highest BCUT2D eigenvalue weighted by Crippen LogP contribution is 2.32. The van der Waals surface area contributed by atoms with Crippen molar-refractivity contribution in [3.05, 3.63) is 11.3 Å². The van der Waals surface area contributed by atoms with E-state index in [4.69, 9.17) is 0 Å². The summed E-state index contributed by atoms with van der Waals surface area (Å²) in [7, 11) is 0. The van der Waals surface area contributed by atoms with Gasteiger partial charge in [0.2, 0.25) is 0 Å². The fourth-order valence-electron chi connectivity index (χ4n) is 0.313. The average molecular weight is 247 g/mol. The Morgan fingerprint density at radius 3 is 1.86 bits per heavy atom. The summed E-state index contributed by atoms with van der Waals surface area (Å²) in [6.45, 7) is 0. The van der Waals surface area contributed by atoms with Gasteiger partial charge in [0, 0.05) is 0 Å². The first-order valence-corrected chi connectivity index (χ1v) is 3.24. The van der Waals surface area contributed by atoms with E-state index < -0.39 is 30.0 Å². The van der Waals surface area contributed by atoms with Crippen molar-refractivity contribution < 1.29 is 35.5 Å². The van der Waals surface area contributed by atoms with Gasteiger partial charge in [0.1, 0.15) is 0 Å². The van der Waals surface area contributed by atoms with E-state index in [2.05, 4.69) is 16.3 Å². The highest BCUT2D eigenvalue weighted by molar-refractivity contribution is 6.28. The van der Waals surface area contributed by atoms with Crippen molar-refractivity contribution in [1.82, 2.24) is 0 Å². The van der Waals surface area contributed by atoms with Gasteiger partial charge in [-0.15, -0.1) is 0 Å². The molecule has 0 aliphatic rings. The molecule has 0 aromatic heterocycles. The molecule has 1 nitrogen and oxygen atoms in total. The lowest BCUT2D eigenvalue weighted by atomic mass is 10.3. The average Bonchev–Trinajstić information content (AvgIpc) is 2.03. The lowest BCUT2D eigenvalue weighted by molar-refractivity contribution is -0.242. The van der Waals surface area contributed by atoms with Crippen LogP contribution < -0.4 is 0 Å². The molecule has 0 radical (unpaired) electrons. The van der Waals surface area contributed by atoms with E-state index in [1.54, 1.807) is 0 Å². The Labute approximate surface area is 78.1 Å². The lowest BCUT2D eigenvalue weighted by Crippen LogP contribution is -2.39. The van der Waals surface area contributed by atoms with Crippen LogP contribution in [0.1, 0.15) is 0 Å². The lowest BCUT2D eigenvalue weighted by Gasteiger charge is -2.18. The summed E-state index contributed by atoms with van der Waals surface area (Å²) >= 11 is 4.22. The van der Waals surface area contributed by atoms with Crippen LogP contribution in [-0.2, 0) is 4.74 Å². The Kier molecular flexibility index (Phi) is 4.50. The zero-order valence-corrected chi connectivity index (χ0v) is 6.84. The molecule has 0 aliphatic heterocycles. The van der Waals surface area contributed by atoms with E-state index in [0.29, 0.717) is 0 Å². The highest BCUT2D eigenvalue weighted by Gasteiger charge is 2.52. The van der Waals surface area contributed by atoms with Crippen LogP contribution in [0.4, 0.5) is 30.7 Å². The predicted octanol–water partition coefficient (Wildman–Crippen LogP) is 3.50. The first-order chi connectivity index (χ1) is 6.19. The van der Waals surface area contributed by atoms with Gasteiger partial charge in [0.25, 0.3) is 5.29 Å². The SMILES string of the molecule is FC(Cl)=C(F)OC(F)C(F)(F)C(F)F. The summed E-state index contributed by atoms with van der Waals surface area (Å²) in [5.74, 6) is -5.25. The van der Waals surface area contributed by atoms with Gasteiger partial charge in [0.05, 0.1) is 0 Å². The number of hydrogen-bond acceptors (Lipinski definition) is 1. The quantitative estimate of drug-likeness (QED) is 0.545. The van der Waals surface area contributed by atoms with Crippen LogP contribution in [0.25, 0.3) is 0 Å². The van der Waals surface area contributed by atoms with Crippen LogP contribution in [0.3, 0.4) is 0 Å². The van der Waals surface area contributed by atoms with E-state index in [1.807, 2.05) is 0 Å². The fourth-order valence-corrected chi connectivity index (χ4v) is 0.358. The zero-order valence-electron chi connectivity index (χ0n) is 6.09. The van der Waals surface area contributed by atoms with Crippen LogP contribution in [0.5, 0.6) is 0 Å². The largest absolute Gasteiger partial charge is 0.426 e. The number of ether oxygens (including phenoxy) is 1. The van der Waals surface area contributed by atoms with Crippen LogP contribution >= 0.6 is 11.6 Å². The molecule has 0 aliphatic carbocycles. The Hall–Kier alpha value is -0.660. The third-order valence-electron chi connectivity index (χ3n) is 0.949. The van der Waals surface area contributed by atoms with Gasteiger partial charge < -0.3 is 4.74 Å². The van der Waals surface area contributed by atoms with Crippen molar-refractivity contribution in [3.8, 4) is 0 Å². The molecular weight excluding hydrogens is 244 g/mol. The molecule has 0 rings (SSSR count). The second kappa shape index (κ2) is 4.72. The molecule has 14 heavy (non-hydrogen) atoms.